The number of carboxylic acids is 1. The van der Waals surface area contributed by atoms with Crippen molar-refractivity contribution in [2.75, 3.05) is 0 Å². The first-order valence-electron chi connectivity index (χ1n) is 6.08. The second-order valence-corrected chi connectivity index (χ2v) is 5.02. The Morgan fingerprint density at radius 1 is 1.50 bits per heavy atom. The number of aromatic nitrogens is 2. The van der Waals surface area contributed by atoms with Crippen molar-refractivity contribution < 1.29 is 14.7 Å². The van der Waals surface area contributed by atoms with E-state index in [-0.39, 0.29) is 11.6 Å². The molecule has 6 nitrogen and oxygen atoms in total. The van der Waals surface area contributed by atoms with Gasteiger partial charge in [0.1, 0.15) is 11.7 Å². The molecule has 1 saturated carbocycles. The Morgan fingerprint density at radius 2 is 2.17 bits per heavy atom. The number of nitrogens with one attached hydrogen (secondary N) is 2. The second kappa shape index (κ2) is 4.80. The van der Waals surface area contributed by atoms with Gasteiger partial charge in [0, 0.05) is 11.6 Å². The topological polar surface area (TPSA) is 95.1 Å². The molecule has 2 rings (SSSR count). The summed E-state index contributed by atoms with van der Waals surface area (Å²) in [6, 6.07) is 0.810. The molecule has 1 fully saturated rings. The Bertz CT molecular complexity index is 463. The van der Waals surface area contributed by atoms with Crippen molar-refractivity contribution >= 4 is 11.9 Å². The molecule has 1 aromatic heterocycles. The normalized spacial score (nSPS) is 16.6. The van der Waals surface area contributed by atoms with E-state index in [1.807, 2.05) is 0 Å². The molecule has 1 aliphatic carbocycles. The molecule has 0 unspecified atom stereocenters. The van der Waals surface area contributed by atoms with Crippen LogP contribution >= 0.6 is 0 Å². The molecular formula is C12H17N3O3. The van der Waals surface area contributed by atoms with Gasteiger partial charge >= 0.3 is 5.97 Å². The lowest BCUT2D eigenvalue weighted by molar-refractivity contribution is -0.140. The van der Waals surface area contributed by atoms with Crippen molar-refractivity contribution in [2.45, 2.75) is 38.6 Å². The Balaban J connectivity index is 2.03. The van der Waals surface area contributed by atoms with Crippen LogP contribution in [0.5, 0.6) is 0 Å². The minimum atomic E-state index is -1.03. The molecule has 6 heteroatoms. The number of hydrogen-bond acceptors (Lipinski definition) is 3. The predicted molar refractivity (Wildman–Crippen MR) is 64.3 cm³/mol. The summed E-state index contributed by atoms with van der Waals surface area (Å²) < 4.78 is 0. The number of hydrogen-bond donors (Lipinski definition) is 3. The number of amides is 1. The van der Waals surface area contributed by atoms with Gasteiger partial charge < -0.3 is 10.4 Å². The summed E-state index contributed by atoms with van der Waals surface area (Å²) in [4.78, 5) is 22.9. The van der Waals surface area contributed by atoms with Gasteiger partial charge in [0.2, 0.25) is 0 Å². The zero-order valence-electron chi connectivity index (χ0n) is 10.4. The van der Waals surface area contributed by atoms with E-state index in [4.69, 9.17) is 5.11 Å². The van der Waals surface area contributed by atoms with Crippen LogP contribution in [0.3, 0.4) is 0 Å². The third-order valence-electron chi connectivity index (χ3n) is 3.07. The van der Waals surface area contributed by atoms with Crippen molar-refractivity contribution in [3.05, 3.63) is 17.5 Å². The van der Waals surface area contributed by atoms with Gasteiger partial charge in [-0.15, -0.1) is 0 Å². The lowest BCUT2D eigenvalue weighted by atomic mass is 10.0. The fourth-order valence-corrected chi connectivity index (χ4v) is 1.79. The van der Waals surface area contributed by atoms with Gasteiger partial charge in [0.25, 0.3) is 5.91 Å². The number of carboxylic acid groups (broad SMARTS) is 1. The molecule has 0 spiro atoms. The smallest absolute Gasteiger partial charge is 0.326 e. The van der Waals surface area contributed by atoms with E-state index in [2.05, 4.69) is 15.5 Å². The van der Waals surface area contributed by atoms with Crippen LogP contribution in [0.4, 0.5) is 0 Å². The van der Waals surface area contributed by atoms with Crippen LogP contribution in [-0.4, -0.2) is 33.2 Å². The van der Waals surface area contributed by atoms with Gasteiger partial charge in [0.05, 0.1) is 0 Å². The highest BCUT2D eigenvalue weighted by atomic mass is 16.4. The molecule has 0 bridgehead atoms. The van der Waals surface area contributed by atoms with E-state index in [0.29, 0.717) is 5.92 Å². The molecule has 1 atom stereocenters. The van der Waals surface area contributed by atoms with Gasteiger partial charge in [-0.1, -0.05) is 13.8 Å². The minimum absolute atomic E-state index is 0.173. The molecule has 0 aliphatic heterocycles. The van der Waals surface area contributed by atoms with Gasteiger partial charge in [-0.25, -0.2) is 4.79 Å². The van der Waals surface area contributed by atoms with Gasteiger partial charge in [-0.3, -0.25) is 9.89 Å². The number of aromatic amines is 1. The highest BCUT2D eigenvalue weighted by molar-refractivity contribution is 5.95. The predicted octanol–water partition coefficient (Wildman–Crippen LogP) is 1.13. The Hall–Kier alpha value is -1.85. The van der Waals surface area contributed by atoms with Crippen LogP contribution in [0.25, 0.3) is 0 Å². The largest absolute Gasteiger partial charge is 0.480 e. The van der Waals surface area contributed by atoms with Crippen molar-refractivity contribution in [1.82, 2.24) is 15.5 Å². The number of aliphatic carboxylic acids is 1. The average Bonchev–Trinajstić information content (AvgIpc) is 3.03. The van der Waals surface area contributed by atoms with Crippen LogP contribution in [-0.2, 0) is 4.79 Å². The molecule has 18 heavy (non-hydrogen) atoms. The third-order valence-corrected chi connectivity index (χ3v) is 3.07. The SMILES string of the molecule is CC(C)[C@@H](NC(=O)c1cc(C2CC2)[nH]n1)C(=O)O. The molecule has 1 aromatic rings. The van der Waals surface area contributed by atoms with Gasteiger partial charge in [-0.2, -0.15) is 5.10 Å². The zero-order valence-corrected chi connectivity index (χ0v) is 10.4. The van der Waals surface area contributed by atoms with Crippen LogP contribution in [0.2, 0.25) is 0 Å². The van der Waals surface area contributed by atoms with Crippen LogP contribution < -0.4 is 5.32 Å². The maximum atomic E-state index is 11.9. The standard InChI is InChI=1S/C12H17N3O3/c1-6(2)10(12(17)18)13-11(16)9-5-8(14-15-9)7-3-4-7/h5-7,10H,3-4H2,1-2H3,(H,13,16)(H,14,15)(H,17,18)/t10-/m1/s1. The summed E-state index contributed by atoms with van der Waals surface area (Å²) in [6.45, 7) is 3.50. The summed E-state index contributed by atoms with van der Waals surface area (Å²) in [5, 5.41) is 18.2. The maximum Gasteiger partial charge on any atom is 0.326 e. The van der Waals surface area contributed by atoms with Gasteiger partial charge in [0.15, 0.2) is 0 Å². The van der Waals surface area contributed by atoms with E-state index >= 15 is 0 Å². The van der Waals surface area contributed by atoms with E-state index in [1.165, 1.54) is 0 Å². The molecule has 0 radical (unpaired) electrons. The van der Waals surface area contributed by atoms with Crippen LogP contribution in [0.1, 0.15) is 48.8 Å². The summed E-state index contributed by atoms with van der Waals surface area (Å²) >= 11 is 0. The van der Waals surface area contributed by atoms with Gasteiger partial charge in [-0.05, 0) is 24.8 Å². The molecule has 0 aromatic carbocycles. The first kappa shape index (κ1) is 12.6. The zero-order chi connectivity index (χ0) is 13.3. The van der Waals surface area contributed by atoms with E-state index in [1.54, 1.807) is 19.9 Å². The van der Waals surface area contributed by atoms with Crippen molar-refractivity contribution in [3.8, 4) is 0 Å². The minimum Gasteiger partial charge on any atom is -0.480 e. The van der Waals surface area contributed by atoms with E-state index in [0.717, 1.165) is 18.5 Å². The quantitative estimate of drug-likeness (QED) is 0.731. The summed E-state index contributed by atoms with van der Waals surface area (Å²) in [7, 11) is 0. The highest BCUT2D eigenvalue weighted by Crippen LogP contribution is 2.38. The fraction of sp³-hybridized carbons (Fsp3) is 0.583. The molecule has 1 heterocycles. The molecule has 1 aliphatic rings. The average molecular weight is 251 g/mol. The number of nitrogens with zero attached hydrogens (tertiary/aromatic N) is 1. The molecule has 0 saturated heterocycles. The lowest BCUT2D eigenvalue weighted by Crippen LogP contribution is -2.44. The second-order valence-electron chi connectivity index (χ2n) is 5.02. The Labute approximate surface area is 105 Å². The third kappa shape index (κ3) is 2.69. The molecule has 98 valence electrons. The fourth-order valence-electron chi connectivity index (χ4n) is 1.79. The summed E-state index contributed by atoms with van der Waals surface area (Å²) in [5.41, 5.74) is 1.21. The molecule has 1 amide bonds. The first-order chi connectivity index (χ1) is 8.49. The maximum absolute atomic E-state index is 11.9. The molecule has 3 N–H and O–H groups in total. The Kier molecular flexibility index (Phi) is 3.36. The Morgan fingerprint density at radius 3 is 2.67 bits per heavy atom. The lowest BCUT2D eigenvalue weighted by Gasteiger charge is -2.16. The van der Waals surface area contributed by atoms with Crippen molar-refractivity contribution in [1.29, 1.82) is 0 Å². The van der Waals surface area contributed by atoms with Crippen molar-refractivity contribution in [3.63, 3.8) is 0 Å². The summed E-state index contributed by atoms with van der Waals surface area (Å²) in [5.74, 6) is -1.16. The molecular weight excluding hydrogens is 234 g/mol. The van der Waals surface area contributed by atoms with Crippen LogP contribution in [0, 0.1) is 5.92 Å². The highest BCUT2D eigenvalue weighted by Gasteiger charge is 2.28. The number of rotatable bonds is 5. The summed E-state index contributed by atoms with van der Waals surface area (Å²) in [6.07, 6.45) is 2.24. The van der Waals surface area contributed by atoms with E-state index in [9.17, 15) is 9.59 Å². The van der Waals surface area contributed by atoms with Crippen molar-refractivity contribution in [2.24, 2.45) is 5.92 Å². The first-order valence-corrected chi connectivity index (χ1v) is 6.08. The van der Waals surface area contributed by atoms with Crippen LogP contribution in [0.15, 0.2) is 6.07 Å². The number of carbonyl (C=O) groups excluding carboxylic acids is 1. The number of H-pyrrole nitrogens is 1. The monoisotopic (exact) mass is 251 g/mol. The number of carbonyl (C=O) groups is 2. The van der Waals surface area contributed by atoms with E-state index < -0.39 is 17.9 Å².